The molecule has 2 aliphatic heterocycles. The molecular formula is C16H33N3. The summed E-state index contributed by atoms with van der Waals surface area (Å²) in [6.07, 6.45) is 6.47. The van der Waals surface area contributed by atoms with Crippen molar-refractivity contribution in [2.75, 3.05) is 26.2 Å². The third kappa shape index (κ3) is 4.44. The fourth-order valence-electron chi connectivity index (χ4n) is 3.51. The molecule has 0 radical (unpaired) electrons. The molecule has 2 aliphatic rings. The van der Waals surface area contributed by atoms with Crippen LogP contribution in [0.2, 0.25) is 0 Å². The van der Waals surface area contributed by atoms with E-state index in [9.17, 15) is 0 Å². The number of piperidine rings is 1. The first-order valence-corrected chi connectivity index (χ1v) is 8.30. The van der Waals surface area contributed by atoms with Crippen LogP contribution in [0.15, 0.2) is 0 Å². The molecule has 2 unspecified atom stereocenters. The van der Waals surface area contributed by atoms with Gasteiger partial charge in [0.1, 0.15) is 0 Å². The van der Waals surface area contributed by atoms with Crippen molar-refractivity contribution in [2.45, 2.75) is 71.0 Å². The second-order valence-electron chi connectivity index (χ2n) is 7.13. The minimum absolute atomic E-state index is 0.457. The lowest BCUT2D eigenvalue weighted by atomic mass is 10.0. The number of hydrogen-bond acceptors (Lipinski definition) is 3. The second-order valence-corrected chi connectivity index (χ2v) is 7.13. The van der Waals surface area contributed by atoms with Crippen molar-refractivity contribution < 1.29 is 0 Å². The average Bonchev–Trinajstić information content (AvgIpc) is 2.86. The Kier molecular flexibility index (Phi) is 5.67. The molecule has 2 N–H and O–H groups in total. The molecule has 0 saturated carbocycles. The zero-order valence-corrected chi connectivity index (χ0v) is 13.1. The molecule has 0 aromatic rings. The van der Waals surface area contributed by atoms with Crippen LogP contribution >= 0.6 is 0 Å². The van der Waals surface area contributed by atoms with Gasteiger partial charge in [0.25, 0.3) is 0 Å². The smallest absolute Gasteiger partial charge is 0.0235 e. The predicted octanol–water partition coefficient (Wildman–Crippen LogP) is 2.31. The summed E-state index contributed by atoms with van der Waals surface area (Å²) in [5.74, 6) is 0.837. The highest BCUT2D eigenvalue weighted by molar-refractivity contribution is 4.88. The summed E-state index contributed by atoms with van der Waals surface area (Å²) < 4.78 is 0. The molecule has 112 valence electrons. The van der Waals surface area contributed by atoms with E-state index in [1.807, 2.05) is 0 Å². The first kappa shape index (κ1) is 15.3. The summed E-state index contributed by atoms with van der Waals surface area (Å²) in [5, 5.41) is 0. The van der Waals surface area contributed by atoms with Crippen molar-refractivity contribution in [3.8, 4) is 0 Å². The maximum atomic E-state index is 6.00. The number of nitrogens with two attached hydrogens (primary N) is 1. The monoisotopic (exact) mass is 267 g/mol. The van der Waals surface area contributed by atoms with Crippen LogP contribution in [0.1, 0.15) is 52.9 Å². The van der Waals surface area contributed by atoms with Crippen LogP contribution < -0.4 is 5.73 Å². The number of hydrogen-bond donors (Lipinski definition) is 1. The molecule has 3 nitrogen and oxygen atoms in total. The lowest BCUT2D eigenvalue weighted by Crippen LogP contribution is -2.46. The van der Waals surface area contributed by atoms with Gasteiger partial charge in [-0.1, -0.05) is 13.8 Å². The zero-order chi connectivity index (χ0) is 13.8. The van der Waals surface area contributed by atoms with Crippen LogP contribution in [0.25, 0.3) is 0 Å². The highest BCUT2D eigenvalue weighted by atomic mass is 15.3. The SMILES string of the molecule is CC(C)CCC(C)N1CCC(N2CCC(N)CC2)C1. The van der Waals surface area contributed by atoms with Gasteiger partial charge < -0.3 is 5.73 Å². The van der Waals surface area contributed by atoms with Gasteiger partial charge in [0.2, 0.25) is 0 Å². The summed E-state index contributed by atoms with van der Waals surface area (Å²) in [5.41, 5.74) is 6.00. The quantitative estimate of drug-likeness (QED) is 0.829. The van der Waals surface area contributed by atoms with Crippen LogP contribution in [0.5, 0.6) is 0 Å². The van der Waals surface area contributed by atoms with Crippen molar-refractivity contribution in [3.63, 3.8) is 0 Å². The average molecular weight is 267 g/mol. The van der Waals surface area contributed by atoms with Gasteiger partial charge >= 0.3 is 0 Å². The number of likely N-dealkylation sites (tertiary alicyclic amines) is 2. The van der Waals surface area contributed by atoms with Crippen LogP contribution in [0.3, 0.4) is 0 Å². The van der Waals surface area contributed by atoms with Crippen LogP contribution in [-0.2, 0) is 0 Å². The zero-order valence-electron chi connectivity index (χ0n) is 13.1. The van der Waals surface area contributed by atoms with Gasteiger partial charge in [0.05, 0.1) is 0 Å². The molecule has 0 spiro atoms. The topological polar surface area (TPSA) is 32.5 Å². The van der Waals surface area contributed by atoms with Crippen molar-refractivity contribution in [2.24, 2.45) is 11.7 Å². The molecule has 2 heterocycles. The second kappa shape index (κ2) is 7.05. The van der Waals surface area contributed by atoms with Crippen LogP contribution in [-0.4, -0.2) is 54.1 Å². The molecule has 2 atom stereocenters. The molecule has 0 aliphatic carbocycles. The van der Waals surface area contributed by atoms with Gasteiger partial charge in [-0.05, 0) is 58.0 Å². The van der Waals surface area contributed by atoms with E-state index >= 15 is 0 Å². The highest BCUT2D eigenvalue weighted by Crippen LogP contribution is 2.23. The van der Waals surface area contributed by atoms with Gasteiger partial charge in [0.15, 0.2) is 0 Å². The number of rotatable bonds is 5. The van der Waals surface area contributed by atoms with E-state index in [1.54, 1.807) is 0 Å². The molecule has 0 aromatic carbocycles. The van der Waals surface area contributed by atoms with E-state index in [0.717, 1.165) is 18.0 Å². The van der Waals surface area contributed by atoms with Gasteiger partial charge in [-0.15, -0.1) is 0 Å². The van der Waals surface area contributed by atoms with Gasteiger partial charge in [-0.25, -0.2) is 0 Å². The van der Waals surface area contributed by atoms with Crippen LogP contribution in [0.4, 0.5) is 0 Å². The molecule has 19 heavy (non-hydrogen) atoms. The van der Waals surface area contributed by atoms with E-state index in [4.69, 9.17) is 5.73 Å². The summed E-state index contributed by atoms with van der Waals surface area (Å²) >= 11 is 0. The Morgan fingerprint density at radius 1 is 1.00 bits per heavy atom. The maximum Gasteiger partial charge on any atom is 0.0235 e. The van der Waals surface area contributed by atoms with E-state index < -0.39 is 0 Å². The minimum atomic E-state index is 0.457. The Labute approximate surface area is 119 Å². The van der Waals surface area contributed by atoms with Crippen molar-refractivity contribution in [3.05, 3.63) is 0 Å². The summed E-state index contributed by atoms with van der Waals surface area (Å²) in [7, 11) is 0. The lowest BCUT2D eigenvalue weighted by molar-refractivity contribution is 0.143. The Morgan fingerprint density at radius 3 is 2.32 bits per heavy atom. The van der Waals surface area contributed by atoms with Crippen molar-refractivity contribution in [1.82, 2.24) is 9.80 Å². The van der Waals surface area contributed by atoms with E-state index in [-0.39, 0.29) is 0 Å². The van der Waals surface area contributed by atoms with E-state index in [1.165, 1.54) is 58.3 Å². The first-order chi connectivity index (χ1) is 9.06. The summed E-state index contributed by atoms with van der Waals surface area (Å²) in [6, 6.07) is 2.02. The predicted molar refractivity (Wildman–Crippen MR) is 82.3 cm³/mol. The fraction of sp³-hybridized carbons (Fsp3) is 1.00. The summed E-state index contributed by atoms with van der Waals surface area (Å²) in [6.45, 7) is 12.1. The third-order valence-corrected chi connectivity index (χ3v) is 5.07. The molecule has 0 amide bonds. The third-order valence-electron chi connectivity index (χ3n) is 5.07. The molecule has 3 heteroatoms. The molecule has 2 rings (SSSR count). The fourth-order valence-corrected chi connectivity index (χ4v) is 3.51. The van der Waals surface area contributed by atoms with Crippen LogP contribution in [0, 0.1) is 5.92 Å². The van der Waals surface area contributed by atoms with E-state index in [2.05, 4.69) is 30.6 Å². The Balaban J connectivity index is 1.73. The highest BCUT2D eigenvalue weighted by Gasteiger charge is 2.31. The van der Waals surface area contributed by atoms with Gasteiger partial charge in [-0.3, -0.25) is 9.80 Å². The maximum absolute atomic E-state index is 6.00. The van der Waals surface area contributed by atoms with E-state index in [0.29, 0.717) is 6.04 Å². The standard InChI is InChI=1S/C16H33N3/c1-13(2)4-5-14(3)19-11-8-16(12-19)18-9-6-15(17)7-10-18/h13-16H,4-12,17H2,1-3H3. The van der Waals surface area contributed by atoms with Gasteiger partial charge in [0, 0.05) is 31.2 Å². The van der Waals surface area contributed by atoms with Crippen molar-refractivity contribution >= 4 is 0 Å². The Bertz CT molecular complexity index is 259. The molecule has 0 bridgehead atoms. The molecular weight excluding hydrogens is 234 g/mol. The Hall–Kier alpha value is -0.120. The molecule has 0 aromatic heterocycles. The molecule has 2 fully saturated rings. The lowest BCUT2D eigenvalue weighted by Gasteiger charge is -2.35. The normalized spacial score (nSPS) is 29.2. The first-order valence-electron chi connectivity index (χ1n) is 8.30. The molecule has 2 saturated heterocycles. The largest absolute Gasteiger partial charge is 0.328 e. The van der Waals surface area contributed by atoms with Gasteiger partial charge in [-0.2, -0.15) is 0 Å². The summed E-state index contributed by atoms with van der Waals surface area (Å²) in [4.78, 5) is 5.40. The minimum Gasteiger partial charge on any atom is -0.328 e. The number of nitrogens with zero attached hydrogens (tertiary/aromatic N) is 2. The Morgan fingerprint density at radius 2 is 1.68 bits per heavy atom. The van der Waals surface area contributed by atoms with Crippen molar-refractivity contribution in [1.29, 1.82) is 0 Å².